The molecule has 2 aromatic heterocycles. The fourth-order valence-corrected chi connectivity index (χ4v) is 3.50. The largest absolute Gasteiger partial charge is 0.332 e. The molecule has 4 aromatic rings. The molecule has 0 spiro atoms. The Morgan fingerprint density at radius 3 is 2.47 bits per heavy atom. The summed E-state index contributed by atoms with van der Waals surface area (Å²) in [5.41, 5.74) is 1.30. The minimum Gasteiger partial charge on any atom is -0.324 e. The van der Waals surface area contributed by atoms with Crippen molar-refractivity contribution in [2.75, 3.05) is 5.32 Å². The molecule has 0 bridgehead atoms. The molecule has 0 saturated carbocycles. The van der Waals surface area contributed by atoms with Crippen LogP contribution in [0.3, 0.4) is 0 Å². The molecular weight excluding hydrogens is 413 g/mol. The van der Waals surface area contributed by atoms with Gasteiger partial charge in [0.1, 0.15) is 12.4 Å². The van der Waals surface area contributed by atoms with E-state index in [1.807, 2.05) is 26.0 Å². The van der Waals surface area contributed by atoms with Crippen LogP contribution in [-0.4, -0.2) is 24.8 Å². The smallest absolute Gasteiger partial charge is 0.324 e. The van der Waals surface area contributed by atoms with E-state index in [-0.39, 0.29) is 24.1 Å². The number of carbonyl (C=O) groups is 1. The standard InChI is InChI=1S/C23H22FN5O3/c1-3-27-13-19-21(26-27)22(31)29(12-16-8-10-17(24)11-9-16)23(32)28(19)14-20(30)25-18-7-5-4-6-15(18)2/h4-11,13H,3,12,14H2,1-2H3,(H,25,30). The van der Waals surface area contributed by atoms with E-state index in [9.17, 15) is 18.8 Å². The number of aromatic nitrogens is 4. The van der Waals surface area contributed by atoms with Gasteiger partial charge < -0.3 is 5.32 Å². The van der Waals surface area contributed by atoms with E-state index in [4.69, 9.17) is 0 Å². The molecule has 0 aliphatic carbocycles. The maximum absolute atomic E-state index is 13.3. The highest BCUT2D eigenvalue weighted by Gasteiger charge is 2.19. The first-order valence-electron chi connectivity index (χ1n) is 10.2. The van der Waals surface area contributed by atoms with Crippen molar-refractivity contribution in [3.63, 3.8) is 0 Å². The van der Waals surface area contributed by atoms with Crippen LogP contribution in [0.15, 0.2) is 64.3 Å². The zero-order valence-electron chi connectivity index (χ0n) is 17.7. The Balaban J connectivity index is 1.78. The molecule has 1 amide bonds. The predicted octanol–water partition coefficient (Wildman–Crippen LogP) is 2.51. The minimum atomic E-state index is -0.637. The molecule has 2 aromatic carbocycles. The van der Waals surface area contributed by atoms with E-state index >= 15 is 0 Å². The van der Waals surface area contributed by atoms with Crippen LogP contribution in [0.1, 0.15) is 18.1 Å². The number of anilines is 1. The van der Waals surface area contributed by atoms with E-state index in [0.717, 1.165) is 10.1 Å². The molecule has 4 rings (SSSR count). The molecular formula is C23H22FN5O3. The molecule has 0 unspecified atom stereocenters. The maximum atomic E-state index is 13.3. The first-order chi connectivity index (χ1) is 15.4. The molecule has 8 nitrogen and oxygen atoms in total. The van der Waals surface area contributed by atoms with Crippen molar-refractivity contribution in [3.8, 4) is 0 Å². The number of benzene rings is 2. The van der Waals surface area contributed by atoms with E-state index in [1.165, 1.54) is 28.8 Å². The summed E-state index contributed by atoms with van der Waals surface area (Å²) in [6, 6.07) is 12.9. The Morgan fingerprint density at radius 2 is 1.78 bits per heavy atom. The Hall–Kier alpha value is -4.01. The van der Waals surface area contributed by atoms with Crippen molar-refractivity contribution in [2.24, 2.45) is 0 Å². The molecule has 32 heavy (non-hydrogen) atoms. The quantitative estimate of drug-likeness (QED) is 0.504. The fourth-order valence-electron chi connectivity index (χ4n) is 3.50. The average molecular weight is 435 g/mol. The van der Waals surface area contributed by atoms with Gasteiger partial charge in [0.05, 0.1) is 12.1 Å². The monoisotopic (exact) mass is 435 g/mol. The third kappa shape index (κ3) is 4.09. The van der Waals surface area contributed by atoms with Crippen molar-refractivity contribution >= 4 is 22.6 Å². The van der Waals surface area contributed by atoms with Gasteiger partial charge in [-0.2, -0.15) is 5.10 Å². The van der Waals surface area contributed by atoms with Gasteiger partial charge in [-0.05, 0) is 43.2 Å². The van der Waals surface area contributed by atoms with Crippen molar-refractivity contribution in [3.05, 3.63) is 92.5 Å². The first-order valence-corrected chi connectivity index (χ1v) is 10.2. The number of hydrogen-bond donors (Lipinski definition) is 1. The fraction of sp³-hybridized carbons (Fsp3) is 0.217. The topological polar surface area (TPSA) is 90.9 Å². The lowest BCUT2D eigenvalue weighted by atomic mass is 10.2. The van der Waals surface area contributed by atoms with Crippen LogP contribution in [0.5, 0.6) is 0 Å². The van der Waals surface area contributed by atoms with Crippen LogP contribution < -0.4 is 16.6 Å². The van der Waals surface area contributed by atoms with Crippen molar-refractivity contribution < 1.29 is 9.18 Å². The Bertz CT molecular complexity index is 1420. The maximum Gasteiger partial charge on any atom is 0.332 e. The van der Waals surface area contributed by atoms with Crippen LogP contribution in [0.2, 0.25) is 0 Å². The molecule has 0 atom stereocenters. The van der Waals surface area contributed by atoms with Crippen molar-refractivity contribution in [1.82, 2.24) is 18.9 Å². The van der Waals surface area contributed by atoms with Gasteiger partial charge in [0.15, 0.2) is 5.52 Å². The third-order valence-corrected chi connectivity index (χ3v) is 5.24. The van der Waals surface area contributed by atoms with Crippen LogP contribution in [-0.2, 0) is 24.4 Å². The molecule has 9 heteroatoms. The molecule has 0 fully saturated rings. The van der Waals surface area contributed by atoms with Gasteiger partial charge in [0.2, 0.25) is 5.91 Å². The highest BCUT2D eigenvalue weighted by molar-refractivity contribution is 5.92. The lowest BCUT2D eigenvalue weighted by molar-refractivity contribution is -0.116. The number of halogens is 1. The molecule has 0 aliphatic heterocycles. The van der Waals surface area contributed by atoms with E-state index in [2.05, 4.69) is 10.4 Å². The second kappa shape index (κ2) is 8.62. The SMILES string of the molecule is CCn1cc2c(n1)c(=O)n(Cc1ccc(F)cc1)c(=O)n2CC(=O)Nc1ccccc1C. The van der Waals surface area contributed by atoms with E-state index in [0.29, 0.717) is 17.8 Å². The zero-order chi connectivity index (χ0) is 22.8. The Kier molecular flexibility index (Phi) is 5.72. The normalized spacial score (nSPS) is 11.1. The molecule has 164 valence electrons. The number of rotatable bonds is 6. The van der Waals surface area contributed by atoms with Crippen LogP contribution in [0.25, 0.3) is 11.0 Å². The number of amides is 1. The number of hydrogen-bond acceptors (Lipinski definition) is 4. The van der Waals surface area contributed by atoms with Crippen molar-refractivity contribution in [2.45, 2.75) is 33.5 Å². The number of aryl methyl sites for hydroxylation is 2. The molecule has 0 radical (unpaired) electrons. The first kappa shape index (κ1) is 21.2. The summed E-state index contributed by atoms with van der Waals surface area (Å²) in [6.07, 6.45) is 1.58. The minimum absolute atomic E-state index is 0.0632. The van der Waals surface area contributed by atoms with Gasteiger partial charge in [0.25, 0.3) is 5.56 Å². The highest BCUT2D eigenvalue weighted by atomic mass is 19.1. The molecule has 0 saturated heterocycles. The lowest BCUT2D eigenvalue weighted by Crippen LogP contribution is -2.41. The van der Waals surface area contributed by atoms with Gasteiger partial charge >= 0.3 is 5.69 Å². The van der Waals surface area contributed by atoms with Crippen LogP contribution in [0.4, 0.5) is 10.1 Å². The Labute approximate surface area is 182 Å². The predicted molar refractivity (Wildman–Crippen MR) is 119 cm³/mol. The van der Waals surface area contributed by atoms with Crippen LogP contribution >= 0.6 is 0 Å². The summed E-state index contributed by atoms with van der Waals surface area (Å²) in [6.45, 7) is 3.87. The average Bonchev–Trinajstić information content (AvgIpc) is 3.22. The van der Waals surface area contributed by atoms with E-state index < -0.39 is 23.0 Å². The lowest BCUT2D eigenvalue weighted by Gasteiger charge is -2.13. The van der Waals surface area contributed by atoms with E-state index in [1.54, 1.807) is 23.0 Å². The number of nitrogens with one attached hydrogen (secondary N) is 1. The van der Waals surface area contributed by atoms with Crippen LogP contribution in [0, 0.1) is 12.7 Å². The third-order valence-electron chi connectivity index (χ3n) is 5.24. The number of nitrogens with zero attached hydrogens (tertiary/aromatic N) is 4. The van der Waals surface area contributed by atoms with Gasteiger partial charge in [-0.15, -0.1) is 0 Å². The summed E-state index contributed by atoms with van der Waals surface area (Å²) in [7, 11) is 0. The van der Waals surface area contributed by atoms with Gasteiger partial charge in [-0.25, -0.2) is 9.18 Å². The van der Waals surface area contributed by atoms with Gasteiger partial charge in [-0.3, -0.25) is 23.4 Å². The summed E-state index contributed by atoms with van der Waals surface area (Å²) in [5, 5.41) is 7.09. The second-order valence-corrected chi connectivity index (χ2v) is 7.47. The second-order valence-electron chi connectivity index (χ2n) is 7.47. The van der Waals surface area contributed by atoms with Gasteiger partial charge in [0, 0.05) is 18.4 Å². The Morgan fingerprint density at radius 1 is 1.06 bits per heavy atom. The molecule has 2 heterocycles. The summed E-state index contributed by atoms with van der Waals surface area (Å²) in [4.78, 5) is 39.1. The van der Waals surface area contributed by atoms with Crippen molar-refractivity contribution in [1.29, 1.82) is 0 Å². The number of para-hydroxylation sites is 1. The molecule has 1 N–H and O–H groups in total. The summed E-state index contributed by atoms with van der Waals surface area (Å²) >= 11 is 0. The number of fused-ring (bicyclic) bond motifs is 1. The summed E-state index contributed by atoms with van der Waals surface area (Å²) in [5.74, 6) is -0.817. The summed E-state index contributed by atoms with van der Waals surface area (Å²) < 4.78 is 17.1. The zero-order valence-corrected chi connectivity index (χ0v) is 17.7. The number of carbonyl (C=O) groups excluding carboxylic acids is 1. The highest BCUT2D eigenvalue weighted by Crippen LogP contribution is 2.14. The molecule has 0 aliphatic rings. The van der Waals surface area contributed by atoms with Gasteiger partial charge in [-0.1, -0.05) is 30.3 Å².